The molecule has 0 saturated heterocycles. The monoisotopic (exact) mass is 355 g/mol. The van der Waals surface area contributed by atoms with Crippen LogP contribution in [0.5, 0.6) is 0 Å². The highest BCUT2D eigenvalue weighted by Gasteiger charge is 2.05. The molecule has 0 aliphatic rings. The summed E-state index contributed by atoms with van der Waals surface area (Å²) in [6, 6.07) is 16.3. The highest BCUT2D eigenvalue weighted by molar-refractivity contribution is 9.10. The number of thioether (sulfide) groups is 1. The lowest BCUT2D eigenvalue weighted by Gasteiger charge is -2.11. The molecule has 19 heavy (non-hydrogen) atoms. The van der Waals surface area contributed by atoms with Crippen molar-refractivity contribution < 1.29 is 0 Å². The van der Waals surface area contributed by atoms with Gasteiger partial charge in [0.25, 0.3) is 0 Å². The summed E-state index contributed by atoms with van der Waals surface area (Å²) in [4.78, 5) is 1.17. The van der Waals surface area contributed by atoms with Crippen molar-refractivity contribution in [2.24, 2.45) is 5.73 Å². The third-order valence-electron chi connectivity index (χ3n) is 2.67. The SMILES string of the molecule is NC(CSc1cccc(Cl)c1)Cc1ccc(Br)cc1. The fourth-order valence-electron chi connectivity index (χ4n) is 1.74. The molecule has 0 aliphatic heterocycles. The molecule has 0 aromatic heterocycles. The Morgan fingerprint density at radius 1 is 1.16 bits per heavy atom. The summed E-state index contributed by atoms with van der Waals surface area (Å²) in [5.74, 6) is 0.885. The van der Waals surface area contributed by atoms with Crippen LogP contribution in [0.4, 0.5) is 0 Å². The van der Waals surface area contributed by atoms with E-state index in [0.717, 1.165) is 21.7 Å². The number of hydrogen-bond donors (Lipinski definition) is 1. The van der Waals surface area contributed by atoms with Crippen molar-refractivity contribution in [1.82, 2.24) is 0 Å². The first-order chi connectivity index (χ1) is 9.13. The lowest BCUT2D eigenvalue weighted by atomic mass is 10.1. The van der Waals surface area contributed by atoms with Crippen molar-refractivity contribution in [3.63, 3.8) is 0 Å². The van der Waals surface area contributed by atoms with Crippen LogP contribution in [0.15, 0.2) is 57.9 Å². The Balaban J connectivity index is 1.84. The lowest BCUT2D eigenvalue weighted by molar-refractivity contribution is 0.748. The smallest absolute Gasteiger partial charge is 0.0417 e. The second kappa shape index (κ2) is 7.34. The van der Waals surface area contributed by atoms with Crippen LogP contribution in [0, 0.1) is 0 Å². The first-order valence-corrected chi connectivity index (χ1v) is 8.17. The van der Waals surface area contributed by atoms with Crippen LogP contribution < -0.4 is 5.73 Å². The van der Waals surface area contributed by atoms with Crippen LogP contribution in [0.3, 0.4) is 0 Å². The van der Waals surface area contributed by atoms with Crippen molar-refractivity contribution in [3.05, 3.63) is 63.6 Å². The molecule has 0 amide bonds. The minimum absolute atomic E-state index is 0.144. The number of benzene rings is 2. The maximum atomic E-state index is 6.16. The Bertz CT molecular complexity index is 530. The summed E-state index contributed by atoms with van der Waals surface area (Å²) >= 11 is 11.1. The third-order valence-corrected chi connectivity index (χ3v) is 4.62. The average Bonchev–Trinajstić information content (AvgIpc) is 2.39. The van der Waals surface area contributed by atoms with E-state index in [1.54, 1.807) is 11.8 Å². The number of nitrogens with two attached hydrogens (primary N) is 1. The zero-order valence-corrected chi connectivity index (χ0v) is 13.5. The molecule has 100 valence electrons. The van der Waals surface area contributed by atoms with Crippen LogP contribution in [0.1, 0.15) is 5.56 Å². The van der Waals surface area contributed by atoms with E-state index in [0.29, 0.717) is 0 Å². The average molecular weight is 357 g/mol. The summed E-state index contributed by atoms with van der Waals surface area (Å²) in [5.41, 5.74) is 7.43. The molecule has 2 aromatic rings. The van der Waals surface area contributed by atoms with E-state index in [2.05, 4.69) is 34.1 Å². The van der Waals surface area contributed by atoms with Gasteiger partial charge in [-0.3, -0.25) is 0 Å². The molecule has 2 rings (SSSR count). The van der Waals surface area contributed by atoms with Gasteiger partial charge in [0.1, 0.15) is 0 Å². The molecule has 0 heterocycles. The molecule has 0 radical (unpaired) electrons. The van der Waals surface area contributed by atoms with Gasteiger partial charge in [-0.05, 0) is 42.3 Å². The van der Waals surface area contributed by atoms with Gasteiger partial charge in [0, 0.05) is 26.2 Å². The maximum absolute atomic E-state index is 6.16. The second-order valence-corrected chi connectivity index (χ2v) is 6.80. The molecule has 1 nitrogen and oxygen atoms in total. The molecule has 4 heteroatoms. The van der Waals surface area contributed by atoms with Crippen LogP contribution >= 0.6 is 39.3 Å². The highest BCUT2D eigenvalue weighted by Crippen LogP contribution is 2.22. The molecule has 1 atom stereocenters. The Morgan fingerprint density at radius 2 is 1.89 bits per heavy atom. The summed E-state index contributed by atoms with van der Waals surface area (Å²) in [7, 11) is 0. The van der Waals surface area contributed by atoms with Crippen molar-refractivity contribution in [3.8, 4) is 0 Å². The standard InChI is InChI=1S/C15H15BrClNS/c16-12-6-4-11(5-7-12)8-14(18)10-19-15-3-1-2-13(17)9-15/h1-7,9,14H,8,10,18H2. The van der Waals surface area contributed by atoms with Gasteiger partial charge in [0.05, 0.1) is 0 Å². The van der Waals surface area contributed by atoms with Crippen LogP contribution in [0.2, 0.25) is 5.02 Å². The predicted octanol–water partition coefficient (Wildman–Crippen LogP) is 4.76. The van der Waals surface area contributed by atoms with Crippen LogP contribution in [0.25, 0.3) is 0 Å². The Labute approximate surface area is 131 Å². The fourth-order valence-corrected chi connectivity index (χ4v) is 3.17. The third kappa shape index (κ3) is 5.19. The van der Waals surface area contributed by atoms with Crippen LogP contribution in [-0.4, -0.2) is 11.8 Å². The fraction of sp³-hybridized carbons (Fsp3) is 0.200. The maximum Gasteiger partial charge on any atom is 0.0417 e. The zero-order chi connectivity index (χ0) is 13.7. The van der Waals surface area contributed by atoms with Crippen molar-refractivity contribution in [2.75, 3.05) is 5.75 Å². The van der Waals surface area contributed by atoms with Crippen molar-refractivity contribution >= 4 is 39.3 Å². The van der Waals surface area contributed by atoms with Gasteiger partial charge in [-0.2, -0.15) is 0 Å². The van der Waals surface area contributed by atoms with Crippen molar-refractivity contribution in [1.29, 1.82) is 0 Å². The van der Waals surface area contributed by atoms with Gasteiger partial charge in [-0.25, -0.2) is 0 Å². The van der Waals surface area contributed by atoms with E-state index in [4.69, 9.17) is 17.3 Å². The molecular weight excluding hydrogens is 342 g/mol. The van der Waals surface area contributed by atoms with Gasteiger partial charge in [0.15, 0.2) is 0 Å². The predicted molar refractivity (Wildman–Crippen MR) is 88.0 cm³/mol. The van der Waals surface area contributed by atoms with Gasteiger partial charge in [0.2, 0.25) is 0 Å². The highest BCUT2D eigenvalue weighted by atomic mass is 79.9. The summed E-state index contributed by atoms with van der Waals surface area (Å²) < 4.78 is 1.10. The van der Waals surface area contributed by atoms with Gasteiger partial charge >= 0.3 is 0 Å². The molecule has 0 aliphatic carbocycles. The van der Waals surface area contributed by atoms with E-state index in [-0.39, 0.29) is 6.04 Å². The Kier molecular flexibility index (Phi) is 5.76. The van der Waals surface area contributed by atoms with Gasteiger partial charge < -0.3 is 5.73 Å². The number of halogens is 2. The molecule has 2 N–H and O–H groups in total. The van der Waals surface area contributed by atoms with Crippen molar-refractivity contribution in [2.45, 2.75) is 17.4 Å². The molecular formula is C15H15BrClNS. The Morgan fingerprint density at radius 3 is 2.58 bits per heavy atom. The Hall–Kier alpha value is -0.480. The topological polar surface area (TPSA) is 26.0 Å². The number of rotatable bonds is 5. The molecule has 0 fully saturated rings. The first-order valence-electron chi connectivity index (χ1n) is 6.02. The summed E-state index contributed by atoms with van der Waals surface area (Å²) in [6.45, 7) is 0. The van der Waals surface area contributed by atoms with E-state index in [9.17, 15) is 0 Å². The first kappa shape index (κ1) is 14.9. The summed E-state index contributed by atoms with van der Waals surface area (Å²) in [5, 5.41) is 0.770. The number of hydrogen-bond acceptors (Lipinski definition) is 2. The lowest BCUT2D eigenvalue weighted by Crippen LogP contribution is -2.25. The van der Waals surface area contributed by atoms with E-state index >= 15 is 0 Å². The van der Waals surface area contributed by atoms with Gasteiger partial charge in [-0.15, -0.1) is 11.8 Å². The van der Waals surface area contributed by atoms with E-state index in [1.165, 1.54) is 10.5 Å². The summed E-state index contributed by atoms with van der Waals surface area (Å²) in [6.07, 6.45) is 0.890. The molecule has 0 spiro atoms. The second-order valence-electron chi connectivity index (χ2n) is 4.36. The minimum atomic E-state index is 0.144. The largest absolute Gasteiger partial charge is 0.327 e. The van der Waals surface area contributed by atoms with Crippen LogP contribution in [-0.2, 0) is 6.42 Å². The van der Waals surface area contributed by atoms with E-state index < -0.39 is 0 Å². The molecule has 1 unspecified atom stereocenters. The molecule has 0 bridgehead atoms. The molecule has 2 aromatic carbocycles. The molecule has 0 saturated carbocycles. The van der Waals surface area contributed by atoms with Gasteiger partial charge in [-0.1, -0.05) is 45.7 Å². The quantitative estimate of drug-likeness (QED) is 0.781. The van der Waals surface area contributed by atoms with E-state index in [1.807, 2.05) is 30.3 Å². The normalized spacial score (nSPS) is 12.4. The zero-order valence-electron chi connectivity index (χ0n) is 10.4. The minimum Gasteiger partial charge on any atom is -0.327 e.